The number of anilines is 1. The summed E-state index contributed by atoms with van der Waals surface area (Å²) in [5.74, 6) is -0.721. The predicted octanol–water partition coefficient (Wildman–Crippen LogP) is 1.90. The number of furan rings is 1. The average Bonchev–Trinajstić information content (AvgIpc) is 2.91. The number of halogens is 1. The molecule has 3 N–H and O–H groups in total. The molecule has 21 heavy (non-hydrogen) atoms. The molecule has 1 heterocycles. The molecule has 0 atom stereocenters. The molecule has 0 spiro atoms. The third-order valence-electron chi connectivity index (χ3n) is 2.60. The highest BCUT2D eigenvalue weighted by molar-refractivity contribution is 9.10. The molecule has 0 saturated heterocycles. The van der Waals surface area contributed by atoms with Crippen LogP contribution in [0.3, 0.4) is 0 Å². The molecular formula is C14H13BrN2O4. The Morgan fingerprint density at radius 3 is 2.71 bits per heavy atom. The number of hydrogen-bond donors (Lipinski definition) is 3. The van der Waals surface area contributed by atoms with Gasteiger partial charge in [0, 0.05) is 5.69 Å². The number of carbonyl (C=O) groups is 2. The van der Waals surface area contributed by atoms with Crippen LogP contribution >= 0.6 is 15.9 Å². The molecule has 2 rings (SSSR count). The summed E-state index contributed by atoms with van der Waals surface area (Å²) in [6, 6.07) is 9.91. The third-order valence-corrected chi connectivity index (χ3v) is 3.03. The Morgan fingerprint density at radius 1 is 1.24 bits per heavy atom. The van der Waals surface area contributed by atoms with Crippen molar-refractivity contribution >= 4 is 33.4 Å². The highest BCUT2D eigenvalue weighted by Gasteiger charge is 2.11. The molecule has 0 fully saturated rings. The van der Waals surface area contributed by atoms with Crippen LogP contribution in [-0.4, -0.2) is 23.5 Å². The van der Waals surface area contributed by atoms with Gasteiger partial charge < -0.3 is 20.2 Å². The van der Waals surface area contributed by atoms with Crippen LogP contribution in [-0.2, 0) is 11.4 Å². The van der Waals surface area contributed by atoms with E-state index < -0.39 is 5.91 Å². The predicted molar refractivity (Wildman–Crippen MR) is 79.7 cm³/mol. The molecule has 0 aliphatic rings. The van der Waals surface area contributed by atoms with Crippen molar-refractivity contribution in [1.82, 2.24) is 5.32 Å². The molecule has 6 nitrogen and oxygen atoms in total. The Bertz CT molecular complexity index is 654. The lowest BCUT2D eigenvalue weighted by molar-refractivity contribution is -0.115. The van der Waals surface area contributed by atoms with Crippen LogP contribution in [0, 0.1) is 0 Å². The fraction of sp³-hybridized carbons (Fsp3) is 0.143. The molecule has 0 aliphatic heterocycles. The average molecular weight is 353 g/mol. The van der Waals surface area contributed by atoms with Gasteiger partial charge in [-0.05, 0) is 45.8 Å². The Labute approximate surface area is 129 Å². The molecular weight excluding hydrogens is 340 g/mol. The smallest absolute Gasteiger partial charge is 0.287 e. The van der Waals surface area contributed by atoms with Crippen molar-refractivity contribution in [2.75, 3.05) is 11.9 Å². The fourth-order valence-corrected chi connectivity index (χ4v) is 1.94. The lowest BCUT2D eigenvalue weighted by atomic mass is 10.2. The molecule has 110 valence electrons. The first-order chi connectivity index (χ1) is 10.1. The van der Waals surface area contributed by atoms with Gasteiger partial charge in [-0.25, -0.2) is 0 Å². The number of hydrogen-bond acceptors (Lipinski definition) is 4. The van der Waals surface area contributed by atoms with Crippen LogP contribution in [0.2, 0.25) is 0 Å². The SMILES string of the molecule is O=C(CNC(=O)c1ccc(Br)o1)Nc1cccc(CO)c1. The van der Waals surface area contributed by atoms with E-state index in [4.69, 9.17) is 9.52 Å². The number of rotatable bonds is 5. The van der Waals surface area contributed by atoms with Gasteiger partial charge in [0.05, 0.1) is 13.2 Å². The fourth-order valence-electron chi connectivity index (χ4n) is 1.64. The van der Waals surface area contributed by atoms with Crippen molar-refractivity contribution in [1.29, 1.82) is 0 Å². The molecule has 1 aromatic carbocycles. The first kappa shape index (κ1) is 15.3. The molecule has 0 aliphatic carbocycles. The maximum atomic E-state index is 11.7. The lowest BCUT2D eigenvalue weighted by Gasteiger charge is -2.07. The zero-order chi connectivity index (χ0) is 15.2. The first-order valence-corrected chi connectivity index (χ1v) is 6.91. The molecule has 2 amide bonds. The summed E-state index contributed by atoms with van der Waals surface area (Å²) < 4.78 is 5.51. The molecule has 0 bridgehead atoms. The van der Waals surface area contributed by atoms with Gasteiger partial charge in [0.15, 0.2) is 10.4 Å². The summed E-state index contributed by atoms with van der Waals surface area (Å²) in [4.78, 5) is 23.4. The Hall–Kier alpha value is -2.12. The van der Waals surface area contributed by atoms with Crippen molar-refractivity contribution in [3.05, 3.63) is 52.4 Å². The number of carbonyl (C=O) groups excluding carboxylic acids is 2. The normalized spacial score (nSPS) is 10.2. The van der Waals surface area contributed by atoms with E-state index in [-0.39, 0.29) is 24.8 Å². The molecule has 0 unspecified atom stereocenters. The van der Waals surface area contributed by atoms with Crippen LogP contribution in [0.4, 0.5) is 5.69 Å². The number of aliphatic hydroxyl groups is 1. The highest BCUT2D eigenvalue weighted by atomic mass is 79.9. The van der Waals surface area contributed by atoms with Crippen LogP contribution in [0.25, 0.3) is 0 Å². The van der Waals surface area contributed by atoms with Crippen molar-refractivity contribution in [2.24, 2.45) is 0 Å². The lowest BCUT2D eigenvalue weighted by Crippen LogP contribution is -2.32. The topological polar surface area (TPSA) is 91.6 Å². The Balaban J connectivity index is 1.85. The second-order valence-electron chi connectivity index (χ2n) is 4.19. The van der Waals surface area contributed by atoms with Gasteiger partial charge >= 0.3 is 0 Å². The van der Waals surface area contributed by atoms with Crippen LogP contribution in [0.1, 0.15) is 16.1 Å². The van der Waals surface area contributed by atoms with Crippen molar-refractivity contribution in [3.8, 4) is 0 Å². The summed E-state index contributed by atoms with van der Waals surface area (Å²) in [6.45, 7) is -0.283. The van der Waals surface area contributed by atoms with E-state index in [1.165, 1.54) is 6.07 Å². The van der Waals surface area contributed by atoms with E-state index >= 15 is 0 Å². The molecule has 7 heteroatoms. The van der Waals surface area contributed by atoms with Gasteiger partial charge in [-0.3, -0.25) is 9.59 Å². The van der Waals surface area contributed by atoms with Crippen LogP contribution in [0.5, 0.6) is 0 Å². The summed E-state index contributed by atoms with van der Waals surface area (Å²) >= 11 is 3.09. The molecule has 2 aromatic rings. The zero-order valence-corrected chi connectivity index (χ0v) is 12.5. The summed E-state index contributed by atoms with van der Waals surface area (Å²) in [5, 5.41) is 14.1. The minimum Gasteiger partial charge on any atom is -0.444 e. The summed E-state index contributed by atoms with van der Waals surface area (Å²) in [6.07, 6.45) is 0. The van der Waals surface area contributed by atoms with Crippen molar-refractivity contribution < 1.29 is 19.1 Å². The van der Waals surface area contributed by atoms with Gasteiger partial charge in [0.1, 0.15) is 0 Å². The second kappa shape index (κ2) is 7.05. The standard InChI is InChI=1S/C14H13BrN2O4/c15-12-5-4-11(21-12)14(20)16-7-13(19)17-10-3-1-2-9(6-10)8-18/h1-6,18H,7-8H2,(H,16,20)(H,17,19). The van der Waals surface area contributed by atoms with Crippen molar-refractivity contribution in [2.45, 2.75) is 6.61 Å². The monoisotopic (exact) mass is 352 g/mol. The maximum absolute atomic E-state index is 11.7. The minimum atomic E-state index is -0.472. The number of nitrogens with one attached hydrogen (secondary N) is 2. The van der Waals surface area contributed by atoms with E-state index in [1.54, 1.807) is 30.3 Å². The molecule has 0 radical (unpaired) electrons. The van der Waals surface area contributed by atoms with Gasteiger partial charge in [-0.1, -0.05) is 12.1 Å². The minimum absolute atomic E-state index is 0.103. The van der Waals surface area contributed by atoms with Gasteiger partial charge in [-0.15, -0.1) is 0 Å². The Kier molecular flexibility index (Phi) is 5.13. The van der Waals surface area contributed by atoms with E-state index in [1.807, 2.05) is 0 Å². The highest BCUT2D eigenvalue weighted by Crippen LogP contribution is 2.13. The van der Waals surface area contributed by atoms with E-state index in [0.717, 1.165) is 0 Å². The number of amides is 2. The second-order valence-corrected chi connectivity index (χ2v) is 4.97. The molecule has 0 saturated carbocycles. The van der Waals surface area contributed by atoms with Gasteiger partial charge in [-0.2, -0.15) is 0 Å². The third kappa shape index (κ3) is 4.44. The van der Waals surface area contributed by atoms with E-state index in [2.05, 4.69) is 26.6 Å². The van der Waals surface area contributed by atoms with Crippen LogP contribution in [0.15, 0.2) is 45.5 Å². The van der Waals surface area contributed by atoms with Crippen molar-refractivity contribution in [3.63, 3.8) is 0 Å². The van der Waals surface area contributed by atoms with Crippen LogP contribution < -0.4 is 10.6 Å². The molecule has 1 aromatic heterocycles. The quantitative estimate of drug-likeness (QED) is 0.766. The van der Waals surface area contributed by atoms with Gasteiger partial charge in [0.2, 0.25) is 5.91 Å². The Morgan fingerprint density at radius 2 is 2.05 bits per heavy atom. The largest absolute Gasteiger partial charge is 0.444 e. The van der Waals surface area contributed by atoms with E-state index in [9.17, 15) is 9.59 Å². The summed E-state index contributed by atoms with van der Waals surface area (Å²) in [5.41, 5.74) is 1.25. The summed E-state index contributed by atoms with van der Waals surface area (Å²) in [7, 11) is 0. The first-order valence-electron chi connectivity index (χ1n) is 6.11. The number of aliphatic hydroxyl groups excluding tert-OH is 1. The maximum Gasteiger partial charge on any atom is 0.287 e. The van der Waals surface area contributed by atoms with E-state index in [0.29, 0.717) is 15.9 Å². The number of benzene rings is 1. The zero-order valence-electron chi connectivity index (χ0n) is 10.9. The van der Waals surface area contributed by atoms with Gasteiger partial charge in [0.25, 0.3) is 5.91 Å².